The van der Waals surface area contributed by atoms with E-state index in [1.54, 1.807) is 0 Å². The maximum atomic E-state index is 5.61. The Morgan fingerprint density at radius 1 is 0.950 bits per heavy atom. The van der Waals surface area contributed by atoms with E-state index in [-0.39, 0.29) is 0 Å². The van der Waals surface area contributed by atoms with Crippen LogP contribution in [-0.2, 0) is 11.3 Å². The summed E-state index contributed by atoms with van der Waals surface area (Å²) in [6.07, 6.45) is 2.82. The SMILES string of the molecule is c1ccc(-c2ccc(CNC[C@@H]3CCCO3)cc2)cc1. The molecule has 2 heteroatoms. The summed E-state index contributed by atoms with van der Waals surface area (Å²) in [5, 5.41) is 3.48. The van der Waals surface area contributed by atoms with Gasteiger partial charge in [0.05, 0.1) is 6.10 Å². The van der Waals surface area contributed by atoms with Crippen LogP contribution in [0.15, 0.2) is 54.6 Å². The molecule has 2 nitrogen and oxygen atoms in total. The van der Waals surface area contributed by atoms with E-state index in [1.807, 2.05) is 6.07 Å². The highest BCUT2D eigenvalue weighted by Gasteiger charge is 2.14. The standard InChI is InChI=1S/C18H21NO/c1-2-5-16(6-3-1)17-10-8-15(9-11-17)13-19-14-18-7-4-12-20-18/h1-3,5-6,8-11,18-19H,4,7,12-14H2/t18-/m0/s1. The Bertz CT molecular complexity index is 515. The van der Waals surface area contributed by atoms with E-state index in [0.29, 0.717) is 6.10 Å². The second-order valence-electron chi connectivity index (χ2n) is 5.33. The summed E-state index contributed by atoms with van der Waals surface area (Å²) in [4.78, 5) is 0. The minimum Gasteiger partial charge on any atom is -0.377 e. The highest BCUT2D eigenvalue weighted by Crippen LogP contribution is 2.19. The van der Waals surface area contributed by atoms with Crippen molar-refractivity contribution in [3.05, 3.63) is 60.2 Å². The Kier molecular flexibility index (Phi) is 4.46. The Balaban J connectivity index is 1.53. The average Bonchev–Trinajstić information content (AvgIpc) is 3.02. The zero-order valence-electron chi connectivity index (χ0n) is 11.7. The van der Waals surface area contributed by atoms with Gasteiger partial charge in [0, 0.05) is 19.7 Å². The molecule has 104 valence electrons. The molecular formula is C18H21NO. The monoisotopic (exact) mass is 267 g/mol. The lowest BCUT2D eigenvalue weighted by molar-refractivity contribution is 0.110. The van der Waals surface area contributed by atoms with E-state index in [0.717, 1.165) is 19.7 Å². The Hall–Kier alpha value is -1.64. The second kappa shape index (κ2) is 6.69. The van der Waals surface area contributed by atoms with Gasteiger partial charge in [-0.05, 0) is 29.5 Å². The summed E-state index contributed by atoms with van der Waals surface area (Å²) >= 11 is 0. The smallest absolute Gasteiger partial charge is 0.0700 e. The summed E-state index contributed by atoms with van der Waals surface area (Å²) in [7, 11) is 0. The van der Waals surface area contributed by atoms with Crippen LogP contribution in [0.25, 0.3) is 11.1 Å². The summed E-state index contributed by atoms with van der Waals surface area (Å²) in [5.74, 6) is 0. The fourth-order valence-corrected chi connectivity index (χ4v) is 2.63. The van der Waals surface area contributed by atoms with Crippen molar-refractivity contribution in [1.29, 1.82) is 0 Å². The molecule has 0 aliphatic carbocycles. The molecule has 1 atom stereocenters. The number of ether oxygens (including phenoxy) is 1. The molecule has 0 amide bonds. The highest BCUT2D eigenvalue weighted by atomic mass is 16.5. The van der Waals surface area contributed by atoms with Crippen LogP contribution in [0.3, 0.4) is 0 Å². The highest BCUT2D eigenvalue weighted by molar-refractivity contribution is 5.63. The van der Waals surface area contributed by atoms with Crippen molar-refractivity contribution in [1.82, 2.24) is 5.32 Å². The fraction of sp³-hybridized carbons (Fsp3) is 0.333. The summed E-state index contributed by atoms with van der Waals surface area (Å²) in [6, 6.07) is 19.3. The molecule has 1 fully saturated rings. The van der Waals surface area contributed by atoms with Crippen LogP contribution in [0.4, 0.5) is 0 Å². The van der Waals surface area contributed by atoms with Crippen molar-refractivity contribution < 1.29 is 4.74 Å². The van der Waals surface area contributed by atoms with Gasteiger partial charge in [-0.2, -0.15) is 0 Å². The normalized spacial score (nSPS) is 18.3. The topological polar surface area (TPSA) is 21.3 Å². The van der Waals surface area contributed by atoms with Crippen LogP contribution in [-0.4, -0.2) is 19.3 Å². The van der Waals surface area contributed by atoms with Crippen LogP contribution in [0.5, 0.6) is 0 Å². The predicted octanol–water partition coefficient (Wildman–Crippen LogP) is 3.62. The zero-order chi connectivity index (χ0) is 13.6. The van der Waals surface area contributed by atoms with Gasteiger partial charge in [0.25, 0.3) is 0 Å². The van der Waals surface area contributed by atoms with Gasteiger partial charge < -0.3 is 10.1 Å². The number of hydrogen-bond acceptors (Lipinski definition) is 2. The number of nitrogens with one attached hydrogen (secondary N) is 1. The van der Waals surface area contributed by atoms with E-state index in [9.17, 15) is 0 Å². The quantitative estimate of drug-likeness (QED) is 0.893. The summed E-state index contributed by atoms with van der Waals surface area (Å²) in [6.45, 7) is 2.80. The lowest BCUT2D eigenvalue weighted by atomic mass is 10.0. The van der Waals surface area contributed by atoms with Gasteiger partial charge in [0.15, 0.2) is 0 Å². The molecule has 1 aliphatic rings. The van der Waals surface area contributed by atoms with Gasteiger partial charge in [-0.15, -0.1) is 0 Å². The summed E-state index contributed by atoms with van der Waals surface area (Å²) < 4.78 is 5.61. The largest absolute Gasteiger partial charge is 0.377 e. The predicted molar refractivity (Wildman–Crippen MR) is 82.6 cm³/mol. The van der Waals surface area contributed by atoms with Crippen LogP contribution >= 0.6 is 0 Å². The van der Waals surface area contributed by atoms with Gasteiger partial charge in [-0.3, -0.25) is 0 Å². The van der Waals surface area contributed by atoms with Crippen LogP contribution in [0.1, 0.15) is 18.4 Å². The molecule has 1 saturated heterocycles. The maximum Gasteiger partial charge on any atom is 0.0700 e. The number of rotatable bonds is 5. The molecule has 0 aromatic heterocycles. The Morgan fingerprint density at radius 3 is 2.40 bits per heavy atom. The van der Waals surface area contributed by atoms with Crippen molar-refractivity contribution in [2.75, 3.05) is 13.2 Å². The fourth-order valence-electron chi connectivity index (χ4n) is 2.63. The molecule has 0 unspecified atom stereocenters. The van der Waals surface area contributed by atoms with Gasteiger partial charge in [-0.25, -0.2) is 0 Å². The molecule has 1 N–H and O–H groups in total. The van der Waals surface area contributed by atoms with Crippen LogP contribution < -0.4 is 5.32 Å². The molecule has 2 aromatic rings. The third-order valence-corrected chi connectivity index (χ3v) is 3.79. The lowest BCUT2D eigenvalue weighted by Crippen LogP contribution is -2.25. The van der Waals surface area contributed by atoms with E-state index < -0.39 is 0 Å². The van der Waals surface area contributed by atoms with Crippen molar-refractivity contribution in [2.45, 2.75) is 25.5 Å². The van der Waals surface area contributed by atoms with Crippen molar-refractivity contribution in [2.24, 2.45) is 0 Å². The first-order valence-corrected chi connectivity index (χ1v) is 7.38. The first-order chi connectivity index (χ1) is 9.92. The van der Waals surface area contributed by atoms with Gasteiger partial charge in [0.2, 0.25) is 0 Å². The number of hydrogen-bond donors (Lipinski definition) is 1. The van der Waals surface area contributed by atoms with Crippen molar-refractivity contribution >= 4 is 0 Å². The minimum atomic E-state index is 0.415. The molecule has 0 radical (unpaired) electrons. The Morgan fingerprint density at radius 2 is 1.70 bits per heavy atom. The average molecular weight is 267 g/mol. The summed E-state index contributed by atoms with van der Waals surface area (Å²) in [5.41, 5.74) is 3.86. The van der Waals surface area contributed by atoms with E-state index >= 15 is 0 Å². The first-order valence-electron chi connectivity index (χ1n) is 7.38. The molecule has 20 heavy (non-hydrogen) atoms. The zero-order valence-corrected chi connectivity index (χ0v) is 11.7. The van der Waals surface area contributed by atoms with E-state index in [2.05, 4.69) is 53.8 Å². The second-order valence-corrected chi connectivity index (χ2v) is 5.33. The van der Waals surface area contributed by atoms with E-state index in [1.165, 1.54) is 29.5 Å². The molecule has 0 bridgehead atoms. The van der Waals surface area contributed by atoms with Crippen molar-refractivity contribution in [3.63, 3.8) is 0 Å². The first kappa shape index (κ1) is 13.3. The lowest BCUT2D eigenvalue weighted by Gasteiger charge is -2.11. The third-order valence-electron chi connectivity index (χ3n) is 3.79. The van der Waals surface area contributed by atoms with Gasteiger partial charge in [0.1, 0.15) is 0 Å². The van der Waals surface area contributed by atoms with Crippen LogP contribution in [0, 0.1) is 0 Å². The van der Waals surface area contributed by atoms with Crippen LogP contribution in [0.2, 0.25) is 0 Å². The van der Waals surface area contributed by atoms with Crippen molar-refractivity contribution in [3.8, 4) is 11.1 Å². The van der Waals surface area contributed by atoms with E-state index in [4.69, 9.17) is 4.74 Å². The molecule has 1 aliphatic heterocycles. The molecule has 0 spiro atoms. The molecular weight excluding hydrogens is 246 g/mol. The Labute approximate surface area is 120 Å². The third kappa shape index (κ3) is 3.47. The molecule has 2 aromatic carbocycles. The minimum absolute atomic E-state index is 0.415. The van der Waals surface area contributed by atoms with Gasteiger partial charge in [-0.1, -0.05) is 54.6 Å². The maximum absolute atomic E-state index is 5.61. The molecule has 3 rings (SSSR count). The molecule has 0 saturated carbocycles. The molecule has 1 heterocycles. The number of benzene rings is 2. The van der Waals surface area contributed by atoms with Gasteiger partial charge >= 0.3 is 0 Å².